The van der Waals surface area contributed by atoms with Gasteiger partial charge < -0.3 is 15.5 Å². The molecule has 0 aliphatic heterocycles. The predicted octanol–water partition coefficient (Wildman–Crippen LogP) is 3.50. The van der Waals surface area contributed by atoms with Gasteiger partial charge in [0, 0.05) is 27.9 Å². The summed E-state index contributed by atoms with van der Waals surface area (Å²) in [6.45, 7) is 2.80. The summed E-state index contributed by atoms with van der Waals surface area (Å²) in [4.78, 5) is 2.89. The number of thiophene rings is 1. The molecule has 0 saturated carbocycles. The van der Waals surface area contributed by atoms with E-state index in [0.717, 1.165) is 12.1 Å². The van der Waals surface area contributed by atoms with Crippen molar-refractivity contribution in [2.45, 2.75) is 38.8 Å². The Morgan fingerprint density at radius 3 is 2.90 bits per heavy atom. The molecule has 0 spiro atoms. The molecule has 20 heavy (non-hydrogen) atoms. The molecule has 3 rings (SSSR count). The molecule has 2 aromatic rings. The lowest BCUT2D eigenvalue weighted by Gasteiger charge is -2.15. The van der Waals surface area contributed by atoms with Crippen LogP contribution in [0.2, 0.25) is 0 Å². The summed E-state index contributed by atoms with van der Waals surface area (Å²) in [6, 6.07) is 6.94. The number of phenols is 2. The van der Waals surface area contributed by atoms with Gasteiger partial charge in [-0.3, -0.25) is 0 Å². The maximum absolute atomic E-state index is 9.85. The number of hydrogen-bond donors (Lipinski definition) is 3. The number of phenolic OH excluding ortho intramolecular Hbond substituents is 2. The number of aromatic hydroxyl groups is 2. The van der Waals surface area contributed by atoms with Gasteiger partial charge in [-0.05, 0) is 56.0 Å². The van der Waals surface area contributed by atoms with Crippen LogP contribution < -0.4 is 5.32 Å². The highest BCUT2D eigenvalue weighted by Crippen LogP contribution is 2.32. The van der Waals surface area contributed by atoms with Crippen molar-refractivity contribution in [3.63, 3.8) is 0 Å². The normalized spacial score (nSPS) is 15.2. The lowest BCUT2D eigenvalue weighted by atomic mass is 10.1. The van der Waals surface area contributed by atoms with Crippen LogP contribution in [0.5, 0.6) is 11.5 Å². The van der Waals surface area contributed by atoms with Crippen molar-refractivity contribution in [3.8, 4) is 11.5 Å². The predicted molar refractivity (Wildman–Crippen MR) is 81.4 cm³/mol. The first-order valence-corrected chi connectivity index (χ1v) is 7.81. The quantitative estimate of drug-likeness (QED) is 0.755. The van der Waals surface area contributed by atoms with E-state index in [1.165, 1.54) is 46.7 Å². The van der Waals surface area contributed by atoms with Crippen molar-refractivity contribution >= 4 is 11.3 Å². The molecule has 0 amide bonds. The van der Waals surface area contributed by atoms with E-state index in [9.17, 15) is 10.2 Å². The van der Waals surface area contributed by atoms with Crippen LogP contribution in [0, 0.1) is 0 Å². The van der Waals surface area contributed by atoms with Gasteiger partial charge in [0.25, 0.3) is 0 Å². The molecule has 0 radical (unpaired) electrons. The van der Waals surface area contributed by atoms with Crippen LogP contribution in [-0.2, 0) is 19.4 Å². The minimum Gasteiger partial charge on any atom is -0.508 e. The van der Waals surface area contributed by atoms with Gasteiger partial charge in [-0.1, -0.05) is 0 Å². The third kappa shape index (κ3) is 2.67. The molecular formula is C16H19NO2S. The Morgan fingerprint density at radius 1 is 1.25 bits per heavy atom. The zero-order valence-corrected chi connectivity index (χ0v) is 12.3. The molecule has 0 saturated heterocycles. The Hall–Kier alpha value is -1.52. The standard InChI is InChI=1S/C16H19NO2S/c1-10(14-8-12(18)5-6-15(14)19)17-9-13-7-11-3-2-4-16(11)20-13/h5-8,10,17-19H,2-4,9H2,1H3. The van der Waals surface area contributed by atoms with Crippen molar-refractivity contribution in [1.29, 1.82) is 0 Å². The second kappa shape index (κ2) is 5.46. The van der Waals surface area contributed by atoms with Gasteiger partial charge >= 0.3 is 0 Å². The molecule has 1 aromatic heterocycles. The molecule has 1 aromatic carbocycles. The minimum absolute atomic E-state index is 0.000888. The first-order valence-electron chi connectivity index (χ1n) is 6.99. The summed E-state index contributed by atoms with van der Waals surface area (Å²) in [5.74, 6) is 0.401. The molecule has 106 valence electrons. The van der Waals surface area contributed by atoms with Crippen LogP contribution in [0.3, 0.4) is 0 Å². The summed E-state index contributed by atoms with van der Waals surface area (Å²) in [5.41, 5.74) is 2.24. The fourth-order valence-electron chi connectivity index (χ4n) is 2.73. The van der Waals surface area contributed by atoms with Crippen molar-refractivity contribution in [1.82, 2.24) is 5.32 Å². The zero-order chi connectivity index (χ0) is 14.1. The smallest absolute Gasteiger partial charge is 0.120 e. The summed E-state index contributed by atoms with van der Waals surface area (Å²) < 4.78 is 0. The Labute approximate surface area is 122 Å². The third-order valence-corrected chi connectivity index (χ3v) is 5.09. The Kier molecular flexibility index (Phi) is 3.68. The molecule has 1 heterocycles. The van der Waals surface area contributed by atoms with E-state index in [2.05, 4.69) is 11.4 Å². The average molecular weight is 289 g/mol. The van der Waals surface area contributed by atoms with Crippen molar-refractivity contribution in [2.75, 3.05) is 0 Å². The van der Waals surface area contributed by atoms with Gasteiger partial charge in [0.2, 0.25) is 0 Å². The number of benzene rings is 1. The number of aryl methyl sites for hydroxylation is 2. The summed E-state index contributed by atoms with van der Waals surface area (Å²) >= 11 is 1.89. The van der Waals surface area contributed by atoms with Crippen LogP contribution in [0.1, 0.15) is 40.3 Å². The minimum atomic E-state index is -0.000888. The zero-order valence-electron chi connectivity index (χ0n) is 11.5. The third-order valence-electron chi connectivity index (χ3n) is 3.86. The van der Waals surface area contributed by atoms with Gasteiger partial charge in [0.15, 0.2) is 0 Å². The number of rotatable bonds is 4. The largest absolute Gasteiger partial charge is 0.508 e. The average Bonchev–Trinajstić information content (AvgIpc) is 2.99. The fraction of sp³-hybridized carbons (Fsp3) is 0.375. The first kappa shape index (κ1) is 13.5. The van der Waals surface area contributed by atoms with Crippen LogP contribution in [-0.4, -0.2) is 10.2 Å². The summed E-state index contributed by atoms with van der Waals surface area (Å²) in [7, 11) is 0. The van der Waals surface area contributed by atoms with E-state index in [0.29, 0.717) is 0 Å². The maximum Gasteiger partial charge on any atom is 0.120 e. The van der Waals surface area contributed by atoms with Gasteiger partial charge in [-0.2, -0.15) is 0 Å². The van der Waals surface area contributed by atoms with Crippen LogP contribution >= 0.6 is 11.3 Å². The van der Waals surface area contributed by atoms with E-state index in [1.54, 1.807) is 6.07 Å². The summed E-state index contributed by atoms with van der Waals surface area (Å²) in [6.07, 6.45) is 3.74. The van der Waals surface area contributed by atoms with Crippen molar-refractivity contribution in [3.05, 3.63) is 45.1 Å². The van der Waals surface area contributed by atoms with E-state index < -0.39 is 0 Å². The molecule has 1 aliphatic rings. The number of nitrogens with one attached hydrogen (secondary N) is 1. The van der Waals surface area contributed by atoms with Gasteiger partial charge in [0.05, 0.1) is 0 Å². The van der Waals surface area contributed by atoms with Crippen molar-refractivity contribution < 1.29 is 10.2 Å². The van der Waals surface area contributed by atoms with Crippen LogP contribution in [0.15, 0.2) is 24.3 Å². The topological polar surface area (TPSA) is 52.5 Å². The Balaban J connectivity index is 1.66. The fourth-order valence-corrected chi connectivity index (χ4v) is 3.94. The highest BCUT2D eigenvalue weighted by atomic mass is 32.1. The molecular weight excluding hydrogens is 270 g/mol. The van der Waals surface area contributed by atoms with Gasteiger partial charge in [-0.15, -0.1) is 11.3 Å². The highest BCUT2D eigenvalue weighted by Gasteiger charge is 2.16. The molecule has 3 N–H and O–H groups in total. The molecule has 0 fully saturated rings. The molecule has 0 bridgehead atoms. The van der Waals surface area contributed by atoms with Gasteiger partial charge in [-0.25, -0.2) is 0 Å². The number of fused-ring (bicyclic) bond motifs is 1. The van der Waals surface area contributed by atoms with Gasteiger partial charge in [0.1, 0.15) is 11.5 Å². The second-order valence-corrected chi connectivity index (χ2v) is 6.58. The monoisotopic (exact) mass is 289 g/mol. The highest BCUT2D eigenvalue weighted by molar-refractivity contribution is 7.12. The van der Waals surface area contributed by atoms with Crippen LogP contribution in [0.4, 0.5) is 0 Å². The SMILES string of the molecule is CC(NCc1cc2c(s1)CCC2)c1cc(O)ccc1O. The molecule has 4 heteroatoms. The lowest BCUT2D eigenvalue weighted by molar-refractivity contribution is 0.441. The Bertz CT molecular complexity index is 599. The second-order valence-electron chi connectivity index (χ2n) is 5.36. The lowest BCUT2D eigenvalue weighted by Crippen LogP contribution is -2.17. The van der Waals surface area contributed by atoms with Crippen molar-refractivity contribution in [2.24, 2.45) is 0 Å². The van der Waals surface area contributed by atoms with E-state index >= 15 is 0 Å². The molecule has 1 aliphatic carbocycles. The van der Waals surface area contributed by atoms with E-state index in [4.69, 9.17) is 0 Å². The molecule has 3 nitrogen and oxygen atoms in total. The van der Waals surface area contributed by atoms with E-state index in [1.807, 2.05) is 18.3 Å². The maximum atomic E-state index is 9.85. The van der Waals surface area contributed by atoms with E-state index in [-0.39, 0.29) is 17.5 Å². The summed E-state index contributed by atoms with van der Waals surface area (Å²) in [5, 5.41) is 22.8. The Morgan fingerprint density at radius 2 is 2.10 bits per heavy atom. The first-order chi connectivity index (χ1) is 9.63. The van der Waals surface area contributed by atoms with Crippen LogP contribution in [0.25, 0.3) is 0 Å². The molecule has 1 atom stereocenters. The number of hydrogen-bond acceptors (Lipinski definition) is 4. The molecule has 1 unspecified atom stereocenters.